The van der Waals surface area contributed by atoms with Crippen LogP contribution in [0.3, 0.4) is 0 Å². The fourth-order valence-corrected chi connectivity index (χ4v) is 4.42. The van der Waals surface area contributed by atoms with Crippen molar-refractivity contribution in [3.63, 3.8) is 0 Å². The van der Waals surface area contributed by atoms with E-state index in [4.69, 9.17) is 8.85 Å². The van der Waals surface area contributed by atoms with E-state index in [1.54, 1.807) is 36.3 Å². The van der Waals surface area contributed by atoms with Crippen LogP contribution in [0.1, 0.15) is 33.9 Å². The highest BCUT2D eigenvalue weighted by Crippen LogP contribution is 2.64. The van der Waals surface area contributed by atoms with Gasteiger partial charge < -0.3 is 20.7 Å². The number of hydrogen-bond donors (Lipinski definition) is 3. The van der Waals surface area contributed by atoms with Gasteiger partial charge in [0.15, 0.2) is 23.1 Å². The third-order valence-electron chi connectivity index (χ3n) is 6.21. The number of rotatable bonds is 7. The summed E-state index contributed by atoms with van der Waals surface area (Å²) in [5, 5.41) is 20.0. The Balaban J connectivity index is 1.50. The van der Waals surface area contributed by atoms with Gasteiger partial charge in [0.05, 0.1) is 29.5 Å². The monoisotopic (exact) mass is 451 g/mol. The molecule has 1 aromatic carbocycles. The molecule has 0 spiro atoms. The lowest BCUT2D eigenvalue weighted by molar-refractivity contribution is -0.158. The minimum absolute atomic E-state index is 0.129. The smallest absolute Gasteiger partial charge is 0.273 e. The number of carbonyl (C=O) groups is 2. The molecule has 3 N–H and O–H groups in total. The van der Waals surface area contributed by atoms with Crippen LogP contribution in [-0.2, 0) is 11.8 Å². The van der Waals surface area contributed by atoms with Crippen molar-refractivity contribution in [1.82, 2.24) is 30.3 Å². The number of nitrogens with zero attached hydrogens (tertiary/aromatic N) is 5. The third kappa shape index (κ3) is 3.55. The zero-order chi connectivity index (χ0) is 25.7. The van der Waals surface area contributed by atoms with Crippen molar-refractivity contribution in [2.75, 3.05) is 24.7 Å². The molecule has 33 heavy (non-hydrogen) atoms. The summed E-state index contributed by atoms with van der Waals surface area (Å²) < 4.78 is 29.3. The number of ether oxygens (including phenoxy) is 1. The van der Waals surface area contributed by atoms with Crippen LogP contribution in [0, 0.1) is 11.3 Å². The minimum atomic E-state index is -2.73. The second-order valence-electron chi connectivity index (χ2n) is 8.41. The molecule has 0 unspecified atom stereocenters. The fourth-order valence-electron chi connectivity index (χ4n) is 4.42. The molecule has 0 atom stereocenters. The summed E-state index contributed by atoms with van der Waals surface area (Å²) in [5.41, 5.74) is 0.553. The van der Waals surface area contributed by atoms with Gasteiger partial charge in [-0.05, 0) is 37.3 Å². The predicted octanol–water partition coefficient (Wildman–Crippen LogP) is 2.12. The van der Waals surface area contributed by atoms with Crippen molar-refractivity contribution in [1.29, 1.82) is 0 Å². The lowest BCUT2D eigenvalue weighted by atomic mass is 9.44. The van der Waals surface area contributed by atoms with E-state index < -0.39 is 12.9 Å². The SMILES string of the molecule is [2H]C([2H])([2H])NC(=O)c1nnc(NC(=O)C23CC(C2)C3)cc1Nc1cccc(-c2ncn(C)n2)c1OC. The maximum Gasteiger partial charge on any atom is 0.273 e. The van der Waals surface area contributed by atoms with E-state index in [1.165, 1.54) is 13.2 Å². The minimum Gasteiger partial charge on any atom is -0.494 e. The molecule has 0 radical (unpaired) electrons. The maximum absolute atomic E-state index is 12.7. The van der Waals surface area contributed by atoms with Crippen LogP contribution in [0.5, 0.6) is 5.75 Å². The normalized spacial score (nSPS) is 22.0. The summed E-state index contributed by atoms with van der Waals surface area (Å²) in [4.78, 5) is 29.7. The number of anilines is 3. The summed E-state index contributed by atoms with van der Waals surface area (Å²) in [6.07, 6.45) is 4.14. The molecular weight excluding hydrogens is 424 g/mol. The van der Waals surface area contributed by atoms with Crippen molar-refractivity contribution in [2.24, 2.45) is 18.4 Å². The first-order valence-corrected chi connectivity index (χ1v) is 10.4. The molecule has 3 aliphatic rings. The van der Waals surface area contributed by atoms with Gasteiger partial charge in [-0.2, -0.15) is 5.10 Å². The Morgan fingerprint density at radius 2 is 2.06 bits per heavy atom. The van der Waals surface area contributed by atoms with Gasteiger partial charge in [-0.25, -0.2) is 4.98 Å². The number of aryl methyl sites for hydroxylation is 1. The molecule has 2 aromatic heterocycles. The van der Waals surface area contributed by atoms with Crippen molar-refractivity contribution in [3.8, 4) is 17.1 Å². The van der Waals surface area contributed by atoms with Crippen LogP contribution < -0.4 is 20.7 Å². The second kappa shape index (κ2) is 7.84. The number of carbonyl (C=O) groups excluding carboxylic acids is 2. The molecule has 0 saturated heterocycles. The number of aromatic nitrogens is 5. The van der Waals surface area contributed by atoms with Gasteiger partial charge in [0.25, 0.3) is 5.91 Å². The maximum atomic E-state index is 12.7. The molecule has 0 aliphatic heterocycles. The molecule has 6 rings (SSSR count). The van der Waals surface area contributed by atoms with Gasteiger partial charge in [0.2, 0.25) is 5.91 Å². The van der Waals surface area contributed by atoms with Crippen LogP contribution >= 0.6 is 0 Å². The van der Waals surface area contributed by atoms with Crippen molar-refractivity contribution in [3.05, 3.63) is 36.3 Å². The lowest BCUT2D eigenvalue weighted by Gasteiger charge is -2.59. The average molecular weight is 452 g/mol. The van der Waals surface area contributed by atoms with Gasteiger partial charge in [0, 0.05) is 24.2 Å². The lowest BCUT2D eigenvalue weighted by Crippen LogP contribution is -2.58. The zero-order valence-electron chi connectivity index (χ0n) is 21.0. The number of nitrogens with one attached hydrogen (secondary N) is 3. The Bertz CT molecular complexity index is 1340. The Morgan fingerprint density at radius 3 is 2.70 bits per heavy atom. The summed E-state index contributed by atoms with van der Waals surface area (Å²) in [5.74, 6) is 0.493. The van der Waals surface area contributed by atoms with E-state index in [9.17, 15) is 9.59 Å². The fraction of sp³-hybridized carbons (Fsp3) is 0.364. The van der Waals surface area contributed by atoms with Crippen LogP contribution in [-0.4, -0.2) is 50.9 Å². The third-order valence-corrected chi connectivity index (χ3v) is 6.21. The highest BCUT2D eigenvalue weighted by atomic mass is 16.5. The van der Waals surface area contributed by atoms with Gasteiger partial charge in [-0.3, -0.25) is 14.3 Å². The standard InChI is InChI=1S/C22H24N8O3/c1-23-20(31)17-15(7-16(27-28-17)26-21(32)22-8-12(9-22)10-22)25-14-6-4-5-13(18(14)33-3)19-24-11-30(2)29-19/h4-7,11-12H,8-10H2,1-3H3,(H,23,31)(H2,25,26,27,32)/i1D3. The highest BCUT2D eigenvalue weighted by Gasteiger charge is 2.61. The second-order valence-corrected chi connectivity index (χ2v) is 8.41. The Kier molecular flexibility index (Phi) is 4.16. The largest absolute Gasteiger partial charge is 0.494 e. The van der Waals surface area contributed by atoms with E-state index in [-0.39, 0.29) is 28.5 Å². The van der Waals surface area contributed by atoms with Crippen molar-refractivity contribution >= 4 is 29.0 Å². The predicted molar refractivity (Wildman–Crippen MR) is 120 cm³/mol. The molecule has 3 aliphatic carbocycles. The van der Waals surface area contributed by atoms with E-state index in [0.717, 1.165) is 19.3 Å². The average Bonchev–Trinajstić information content (AvgIpc) is 3.16. The van der Waals surface area contributed by atoms with E-state index in [2.05, 4.69) is 30.9 Å². The number of methoxy groups -OCH3 is 1. The van der Waals surface area contributed by atoms with Gasteiger partial charge in [-0.15, -0.1) is 10.2 Å². The van der Waals surface area contributed by atoms with Crippen LogP contribution in [0.2, 0.25) is 0 Å². The summed E-state index contributed by atoms with van der Waals surface area (Å²) in [6, 6.07) is 6.67. The van der Waals surface area contributed by atoms with E-state index in [0.29, 0.717) is 28.7 Å². The molecule has 2 heterocycles. The van der Waals surface area contributed by atoms with Gasteiger partial charge in [-0.1, -0.05) is 6.07 Å². The molecule has 2 amide bonds. The summed E-state index contributed by atoms with van der Waals surface area (Å²) in [7, 11) is 3.22. The van der Waals surface area contributed by atoms with Gasteiger partial charge in [0.1, 0.15) is 6.33 Å². The molecule has 170 valence electrons. The van der Waals surface area contributed by atoms with Crippen LogP contribution in [0.4, 0.5) is 17.2 Å². The Morgan fingerprint density at radius 1 is 1.24 bits per heavy atom. The number of hydrogen-bond acceptors (Lipinski definition) is 8. The van der Waals surface area contributed by atoms with Crippen LogP contribution in [0.15, 0.2) is 30.6 Å². The zero-order valence-corrected chi connectivity index (χ0v) is 18.0. The van der Waals surface area contributed by atoms with Crippen molar-refractivity contribution in [2.45, 2.75) is 19.3 Å². The molecule has 3 saturated carbocycles. The topological polar surface area (TPSA) is 136 Å². The number of benzene rings is 1. The molecule has 11 heteroatoms. The van der Waals surface area contributed by atoms with Crippen LogP contribution in [0.25, 0.3) is 11.4 Å². The summed E-state index contributed by atoms with van der Waals surface area (Å²) in [6.45, 7) is -2.73. The molecule has 3 aromatic rings. The number of amides is 2. The highest BCUT2D eigenvalue weighted by molar-refractivity contribution is 6.00. The first-order valence-electron chi connectivity index (χ1n) is 11.9. The summed E-state index contributed by atoms with van der Waals surface area (Å²) >= 11 is 0. The van der Waals surface area contributed by atoms with Gasteiger partial charge >= 0.3 is 0 Å². The quantitative estimate of drug-likeness (QED) is 0.497. The van der Waals surface area contributed by atoms with E-state index >= 15 is 0 Å². The first-order chi connectivity index (χ1) is 17.1. The molecule has 2 bridgehead atoms. The number of para-hydroxylation sites is 1. The molecule has 11 nitrogen and oxygen atoms in total. The molecular formula is C22H24N8O3. The Labute approximate surface area is 194 Å². The first kappa shape index (κ1) is 17.5. The molecule has 3 fully saturated rings. The van der Waals surface area contributed by atoms with Crippen molar-refractivity contribution < 1.29 is 18.4 Å². The Hall–Kier alpha value is -4.02. The van der Waals surface area contributed by atoms with E-state index in [1.807, 2.05) is 5.32 Å².